The molecule has 0 saturated carbocycles. The topological polar surface area (TPSA) is 49.8 Å². The summed E-state index contributed by atoms with van der Waals surface area (Å²) in [5.74, 6) is 0.0526. The molecule has 1 amide bonds. The second-order valence-electron chi connectivity index (χ2n) is 11.8. The third kappa shape index (κ3) is 4.61. The molecule has 1 N–H and O–H groups in total. The number of benzene rings is 4. The van der Waals surface area contributed by atoms with Gasteiger partial charge in [-0.05, 0) is 71.0 Å². The molecule has 7 rings (SSSR count). The lowest BCUT2D eigenvalue weighted by molar-refractivity contribution is -0.0840. The lowest BCUT2D eigenvalue weighted by Gasteiger charge is -2.51. The predicted molar refractivity (Wildman–Crippen MR) is 158 cm³/mol. The number of nitrogens with zero attached hydrogens (tertiary/aromatic N) is 1. The lowest BCUT2D eigenvalue weighted by atomic mass is 9.73. The average molecular weight is 530 g/mol. The second kappa shape index (κ2) is 10.3. The van der Waals surface area contributed by atoms with Crippen molar-refractivity contribution in [1.82, 2.24) is 4.90 Å². The van der Waals surface area contributed by atoms with Crippen molar-refractivity contribution in [3.63, 3.8) is 0 Å². The number of rotatable bonds is 5. The van der Waals surface area contributed by atoms with Gasteiger partial charge in [0.25, 0.3) is 0 Å². The lowest BCUT2D eigenvalue weighted by Crippen LogP contribution is -2.60. The Kier molecular flexibility index (Phi) is 6.44. The summed E-state index contributed by atoms with van der Waals surface area (Å²) in [5, 5.41) is 11.8. The number of carbonyl (C=O) groups excluding carboxylic acids is 1. The highest BCUT2D eigenvalue weighted by molar-refractivity contribution is 5.79. The van der Waals surface area contributed by atoms with E-state index in [-0.39, 0.29) is 24.1 Å². The van der Waals surface area contributed by atoms with Crippen molar-refractivity contribution in [3.8, 4) is 22.3 Å². The molecule has 2 bridgehead atoms. The summed E-state index contributed by atoms with van der Waals surface area (Å²) in [4.78, 5) is 15.5. The van der Waals surface area contributed by atoms with E-state index in [0.29, 0.717) is 25.9 Å². The van der Waals surface area contributed by atoms with Gasteiger partial charge in [0.2, 0.25) is 0 Å². The van der Waals surface area contributed by atoms with Crippen molar-refractivity contribution in [2.45, 2.75) is 62.1 Å². The van der Waals surface area contributed by atoms with Crippen LogP contribution in [0, 0.1) is 0 Å². The first-order valence-electron chi connectivity index (χ1n) is 14.6. The highest BCUT2D eigenvalue weighted by Crippen LogP contribution is 2.45. The zero-order chi connectivity index (χ0) is 27.1. The molecule has 0 radical (unpaired) electrons. The Morgan fingerprint density at radius 1 is 0.750 bits per heavy atom. The molecule has 2 aliphatic heterocycles. The van der Waals surface area contributed by atoms with E-state index in [1.165, 1.54) is 33.4 Å². The van der Waals surface area contributed by atoms with Gasteiger partial charge in [0.15, 0.2) is 0 Å². The Bertz CT molecular complexity index is 1450. The number of piperidine rings is 2. The van der Waals surface area contributed by atoms with Crippen LogP contribution in [0.5, 0.6) is 0 Å². The smallest absolute Gasteiger partial charge is 0.410 e. The molecule has 2 atom stereocenters. The summed E-state index contributed by atoms with van der Waals surface area (Å²) in [6.45, 7) is 0.334. The first kappa shape index (κ1) is 25.1. The van der Waals surface area contributed by atoms with E-state index in [0.717, 1.165) is 24.8 Å². The summed E-state index contributed by atoms with van der Waals surface area (Å²) in [5.41, 5.74) is 7.61. The van der Waals surface area contributed by atoms with Crippen LogP contribution in [0.4, 0.5) is 4.79 Å². The molecule has 3 aliphatic rings. The average Bonchev–Trinajstić information content (AvgIpc) is 3.30. The minimum atomic E-state index is -0.815. The molecule has 4 aromatic carbocycles. The van der Waals surface area contributed by atoms with E-state index in [4.69, 9.17) is 4.74 Å². The zero-order valence-electron chi connectivity index (χ0n) is 22.7. The maximum atomic E-state index is 13.6. The van der Waals surface area contributed by atoms with E-state index in [9.17, 15) is 9.90 Å². The van der Waals surface area contributed by atoms with Gasteiger partial charge in [-0.1, -0.05) is 103 Å². The summed E-state index contributed by atoms with van der Waals surface area (Å²) in [6.07, 6.45) is 4.47. The largest absolute Gasteiger partial charge is 0.448 e. The van der Waals surface area contributed by atoms with Crippen molar-refractivity contribution < 1.29 is 14.6 Å². The van der Waals surface area contributed by atoms with Crippen LogP contribution in [-0.4, -0.2) is 40.4 Å². The van der Waals surface area contributed by atoms with E-state index >= 15 is 0 Å². The van der Waals surface area contributed by atoms with Gasteiger partial charge in [0.05, 0.1) is 5.60 Å². The minimum absolute atomic E-state index is 0.0109. The maximum Gasteiger partial charge on any atom is 0.410 e. The number of carbonyl (C=O) groups is 1. The zero-order valence-corrected chi connectivity index (χ0v) is 22.7. The molecule has 4 aromatic rings. The molecule has 202 valence electrons. The molecule has 2 heterocycles. The van der Waals surface area contributed by atoms with Crippen LogP contribution in [0.2, 0.25) is 0 Å². The Balaban J connectivity index is 1.03. The molecule has 40 heavy (non-hydrogen) atoms. The van der Waals surface area contributed by atoms with Gasteiger partial charge in [0.1, 0.15) is 6.61 Å². The number of hydrogen-bond acceptors (Lipinski definition) is 3. The molecule has 4 heteroatoms. The molecule has 2 fully saturated rings. The summed E-state index contributed by atoms with van der Waals surface area (Å²) in [6, 6.07) is 35.8. The first-order valence-corrected chi connectivity index (χ1v) is 14.6. The molecular weight excluding hydrogens is 494 g/mol. The van der Waals surface area contributed by atoms with Crippen LogP contribution in [0.1, 0.15) is 54.7 Å². The molecule has 2 unspecified atom stereocenters. The van der Waals surface area contributed by atoms with E-state index < -0.39 is 5.60 Å². The highest BCUT2D eigenvalue weighted by atomic mass is 16.6. The van der Waals surface area contributed by atoms with Gasteiger partial charge in [-0.3, -0.25) is 0 Å². The van der Waals surface area contributed by atoms with Crippen LogP contribution in [-0.2, 0) is 11.2 Å². The van der Waals surface area contributed by atoms with Gasteiger partial charge in [-0.25, -0.2) is 4.79 Å². The van der Waals surface area contributed by atoms with Crippen molar-refractivity contribution in [2.75, 3.05) is 6.61 Å². The van der Waals surface area contributed by atoms with Crippen LogP contribution in [0.15, 0.2) is 103 Å². The quantitative estimate of drug-likeness (QED) is 0.290. The van der Waals surface area contributed by atoms with Crippen molar-refractivity contribution in [2.24, 2.45) is 0 Å². The summed E-state index contributed by atoms with van der Waals surface area (Å²) >= 11 is 0. The van der Waals surface area contributed by atoms with Gasteiger partial charge >= 0.3 is 6.09 Å². The van der Waals surface area contributed by atoms with Crippen molar-refractivity contribution >= 4 is 6.09 Å². The van der Waals surface area contributed by atoms with Gasteiger partial charge in [-0.15, -0.1) is 0 Å². The summed E-state index contributed by atoms with van der Waals surface area (Å²) < 4.78 is 6.06. The maximum absolute atomic E-state index is 13.6. The normalized spacial score (nSPS) is 23.4. The third-order valence-electron chi connectivity index (χ3n) is 9.23. The molecular formula is C36H35NO3. The number of fused-ring (bicyclic) bond motifs is 5. The Labute approximate surface area is 236 Å². The molecule has 0 aromatic heterocycles. The Morgan fingerprint density at radius 3 is 1.93 bits per heavy atom. The van der Waals surface area contributed by atoms with Crippen LogP contribution in [0.3, 0.4) is 0 Å². The predicted octanol–water partition coefficient (Wildman–Crippen LogP) is 7.59. The van der Waals surface area contributed by atoms with Gasteiger partial charge < -0.3 is 14.7 Å². The first-order chi connectivity index (χ1) is 19.6. The number of aliphatic hydroxyl groups is 1. The number of hydrogen-bond donors (Lipinski definition) is 1. The van der Waals surface area contributed by atoms with E-state index in [1.54, 1.807) is 0 Å². The summed E-state index contributed by atoms with van der Waals surface area (Å²) in [7, 11) is 0. The van der Waals surface area contributed by atoms with Crippen LogP contribution >= 0.6 is 0 Å². The SMILES string of the molecule is O=C(OCC1c2ccccc2-c2ccccc21)N1C2CCCC1CC(O)(Cc1ccc(-c3ccccc3)cc1)C2. The number of ether oxygens (including phenoxy) is 1. The Morgan fingerprint density at radius 2 is 1.30 bits per heavy atom. The minimum Gasteiger partial charge on any atom is -0.448 e. The molecule has 1 aliphatic carbocycles. The van der Waals surface area contributed by atoms with Crippen LogP contribution < -0.4 is 0 Å². The Hall–Kier alpha value is -3.89. The molecule has 2 saturated heterocycles. The second-order valence-corrected chi connectivity index (χ2v) is 11.8. The fourth-order valence-corrected chi connectivity index (χ4v) is 7.46. The standard InChI is InChI=1S/C36H35NO3/c38-35(40-24-34-32-15-6-4-13-30(32)31-14-5-7-16-33(31)34)37-28-11-8-12-29(37)23-36(39,22-28)21-25-17-19-27(20-18-25)26-9-2-1-3-10-26/h1-7,9-10,13-20,28-29,34,39H,8,11-12,21-24H2. The van der Waals surface area contributed by atoms with E-state index in [2.05, 4.69) is 97.1 Å². The van der Waals surface area contributed by atoms with E-state index in [1.807, 2.05) is 11.0 Å². The monoisotopic (exact) mass is 529 g/mol. The fraction of sp³-hybridized carbons (Fsp3) is 0.306. The van der Waals surface area contributed by atoms with Crippen molar-refractivity contribution in [1.29, 1.82) is 0 Å². The van der Waals surface area contributed by atoms with Gasteiger partial charge in [0, 0.05) is 24.4 Å². The molecule has 4 nitrogen and oxygen atoms in total. The van der Waals surface area contributed by atoms with Crippen molar-refractivity contribution in [3.05, 3.63) is 120 Å². The van der Waals surface area contributed by atoms with Gasteiger partial charge in [-0.2, -0.15) is 0 Å². The third-order valence-corrected chi connectivity index (χ3v) is 9.23. The molecule has 0 spiro atoms. The fourth-order valence-electron chi connectivity index (χ4n) is 7.46. The number of amides is 1. The highest BCUT2D eigenvalue weighted by Gasteiger charge is 2.48. The van der Waals surface area contributed by atoms with Crippen LogP contribution in [0.25, 0.3) is 22.3 Å².